The van der Waals surface area contributed by atoms with Gasteiger partial charge in [0.2, 0.25) is 10.0 Å². The number of nitrogens with zero attached hydrogens (tertiary/aromatic N) is 1. The van der Waals surface area contributed by atoms with Crippen molar-refractivity contribution in [2.24, 2.45) is 0 Å². The predicted octanol–water partition coefficient (Wildman–Crippen LogP) is 1.46. The first-order chi connectivity index (χ1) is 9.73. The number of hydrogen-bond donors (Lipinski definition) is 1. The van der Waals surface area contributed by atoms with Crippen molar-refractivity contribution in [2.45, 2.75) is 30.2 Å². The monoisotopic (exact) mass is 317 g/mol. The Labute approximate surface area is 122 Å². The summed E-state index contributed by atoms with van der Waals surface area (Å²) in [5.41, 5.74) is -1.53. The van der Waals surface area contributed by atoms with Crippen molar-refractivity contribution in [1.82, 2.24) is 4.31 Å². The molecule has 1 aliphatic heterocycles. The molecule has 2 rings (SSSR count). The molecule has 21 heavy (non-hydrogen) atoms. The third kappa shape index (κ3) is 2.49. The molecular formula is C13H16FNO5S. The highest BCUT2D eigenvalue weighted by Gasteiger charge is 2.50. The first-order valence-electron chi connectivity index (χ1n) is 6.33. The second kappa shape index (κ2) is 5.27. The smallest absolute Gasteiger partial charge is 0.324 e. The van der Waals surface area contributed by atoms with Crippen molar-refractivity contribution < 1.29 is 27.4 Å². The number of ether oxygens (including phenoxy) is 1. The fourth-order valence-electron chi connectivity index (χ4n) is 2.51. The highest BCUT2D eigenvalue weighted by molar-refractivity contribution is 7.89. The van der Waals surface area contributed by atoms with Gasteiger partial charge in [0.15, 0.2) is 0 Å². The number of carbonyl (C=O) groups is 1. The van der Waals surface area contributed by atoms with E-state index in [-0.39, 0.29) is 23.6 Å². The molecule has 1 heterocycles. The molecule has 1 fully saturated rings. The molecule has 0 unspecified atom stereocenters. The van der Waals surface area contributed by atoms with Crippen LogP contribution in [0.25, 0.3) is 0 Å². The van der Waals surface area contributed by atoms with E-state index in [0.29, 0.717) is 6.42 Å². The molecule has 1 atom stereocenters. The van der Waals surface area contributed by atoms with Crippen LogP contribution in [-0.2, 0) is 14.8 Å². The van der Waals surface area contributed by atoms with Crippen LogP contribution in [0.5, 0.6) is 5.75 Å². The topological polar surface area (TPSA) is 83.9 Å². The normalized spacial score (nSPS) is 23.2. The van der Waals surface area contributed by atoms with Gasteiger partial charge in [-0.2, -0.15) is 4.31 Å². The van der Waals surface area contributed by atoms with Gasteiger partial charge < -0.3 is 9.84 Å². The fraction of sp³-hybridized carbons (Fsp3) is 0.462. The lowest BCUT2D eigenvalue weighted by Gasteiger charge is -2.30. The van der Waals surface area contributed by atoms with Crippen LogP contribution < -0.4 is 4.74 Å². The molecule has 1 aromatic rings. The van der Waals surface area contributed by atoms with Crippen molar-refractivity contribution >= 4 is 16.0 Å². The van der Waals surface area contributed by atoms with E-state index in [2.05, 4.69) is 0 Å². The van der Waals surface area contributed by atoms with Gasteiger partial charge in [0.1, 0.15) is 22.0 Å². The Kier molecular flexibility index (Phi) is 3.94. The Hall–Kier alpha value is -1.67. The maximum absolute atomic E-state index is 13.4. The second-order valence-electron chi connectivity index (χ2n) is 5.05. The van der Waals surface area contributed by atoms with E-state index in [1.165, 1.54) is 20.1 Å². The van der Waals surface area contributed by atoms with Crippen LogP contribution in [-0.4, -0.2) is 43.0 Å². The Bertz CT molecular complexity index is 675. The van der Waals surface area contributed by atoms with E-state index >= 15 is 0 Å². The molecule has 1 aromatic carbocycles. The molecule has 6 nitrogen and oxygen atoms in total. The summed E-state index contributed by atoms with van der Waals surface area (Å²) in [6, 6.07) is 3.13. The average molecular weight is 317 g/mol. The highest BCUT2D eigenvalue weighted by Crippen LogP contribution is 2.37. The van der Waals surface area contributed by atoms with Gasteiger partial charge in [-0.1, -0.05) is 0 Å². The van der Waals surface area contributed by atoms with Crippen molar-refractivity contribution in [1.29, 1.82) is 0 Å². The fourth-order valence-corrected chi connectivity index (χ4v) is 4.48. The van der Waals surface area contributed by atoms with Crippen LogP contribution in [0.2, 0.25) is 0 Å². The molecule has 0 amide bonds. The highest BCUT2D eigenvalue weighted by atomic mass is 32.2. The van der Waals surface area contributed by atoms with Gasteiger partial charge in [-0.3, -0.25) is 4.79 Å². The van der Waals surface area contributed by atoms with Gasteiger partial charge in [-0.05, 0) is 38.0 Å². The van der Waals surface area contributed by atoms with Crippen molar-refractivity contribution in [2.75, 3.05) is 13.7 Å². The first-order valence-corrected chi connectivity index (χ1v) is 7.77. The Morgan fingerprint density at radius 3 is 2.71 bits per heavy atom. The number of rotatable bonds is 4. The molecule has 0 bridgehead atoms. The zero-order chi connectivity index (χ0) is 15.8. The quantitative estimate of drug-likeness (QED) is 0.909. The number of methoxy groups -OCH3 is 1. The zero-order valence-electron chi connectivity index (χ0n) is 11.7. The summed E-state index contributed by atoms with van der Waals surface area (Å²) in [5, 5.41) is 9.32. The number of carboxylic acid groups (broad SMARTS) is 1. The number of sulfonamides is 1. The molecular weight excluding hydrogens is 301 g/mol. The number of hydrogen-bond acceptors (Lipinski definition) is 4. The Morgan fingerprint density at radius 2 is 2.14 bits per heavy atom. The van der Waals surface area contributed by atoms with Gasteiger partial charge in [-0.15, -0.1) is 0 Å². The lowest BCUT2D eigenvalue weighted by Crippen LogP contribution is -2.50. The first kappa shape index (κ1) is 15.7. The summed E-state index contributed by atoms with van der Waals surface area (Å²) in [6.07, 6.45) is 0.638. The molecule has 116 valence electrons. The maximum Gasteiger partial charge on any atom is 0.324 e. The minimum Gasteiger partial charge on any atom is -0.495 e. The van der Waals surface area contributed by atoms with Crippen LogP contribution >= 0.6 is 0 Å². The lowest BCUT2D eigenvalue weighted by atomic mass is 10.0. The van der Waals surface area contributed by atoms with Crippen molar-refractivity contribution in [3.8, 4) is 5.75 Å². The van der Waals surface area contributed by atoms with Gasteiger partial charge in [-0.25, -0.2) is 12.8 Å². The van der Waals surface area contributed by atoms with Gasteiger partial charge >= 0.3 is 5.97 Å². The largest absolute Gasteiger partial charge is 0.495 e. The molecule has 1 N–H and O–H groups in total. The van der Waals surface area contributed by atoms with E-state index in [0.717, 1.165) is 16.4 Å². The summed E-state index contributed by atoms with van der Waals surface area (Å²) in [4.78, 5) is 11.1. The standard InChI is InChI=1S/C13H16FNO5S/c1-13(12(16)17)6-3-7-15(13)21(18,19)11-8-9(14)4-5-10(11)20-2/h4-5,8H,3,6-7H2,1-2H3,(H,16,17)/t13-/m0/s1. The Balaban J connectivity index is 2.57. The van der Waals surface area contributed by atoms with E-state index in [4.69, 9.17) is 4.74 Å². The minimum atomic E-state index is -4.17. The summed E-state index contributed by atoms with van der Waals surface area (Å²) in [7, 11) is -2.90. The van der Waals surface area contributed by atoms with Crippen molar-refractivity contribution in [3.05, 3.63) is 24.0 Å². The van der Waals surface area contributed by atoms with E-state index < -0.39 is 27.3 Å². The van der Waals surface area contributed by atoms with E-state index in [1.807, 2.05) is 0 Å². The SMILES string of the molecule is COc1ccc(F)cc1S(=O)(=O)N1CCC[C@@]1(C)C(=O)O. The van der Waals surface area contributed by atoms with E-state index in [9.17, 15) is 22.7 Å². The van der Waals surface area contributed by atoms with Crippen LogP contribution in [0.1, 0.15) is 19.8 Å². The number of carboxylic acids is 1. The average Bonchev–Trinajstić information content (AvgIpc) is 2.83. The summed E-state index contributed by atoms with van der Waals surface area (Å²) >= 11 is 0. The summed E-state index contributed by atoms with van der Waals surface area (Å²) in [6.45, 7) is 1.43. The van der Waals surface area contributed by atoms with E-state index in [1.54, 1.807) is 0 Å². The number of benzene rings is 1. The van der Waals surface area contributed by atoms with Crippen molar-refractivity contribution in [3.63, 3.8) is 0 Å². The summed E-state index contributed by atoms with van der Waals surface area (Å²) in [5.74, 6) is -1.97. The van der Waals surface area contributed by atoms with Crippen LogP contribution in [0.4, 0.5) is 4.39 Å². The predicted molar refractivity (Wildman–Crippen MR) is 72.1 cm³/mol. The minimum absolute atomic E-state index is 0.0176. The molecule has 1 aliphatic rings. The van der Waals surface area contributed by atoms with Gasteiger partial charge in [0, 0.05) is 6.54 Å². The molecule has 1 saturated heterocycles. The molecule has 0 radical (unpaired) electrons. The number of halogens is 1. The lowest BCUT2D eigenvalue weighted by molar-refractivity contribution is -0.146. The molecule has 0 aromatic heterocycles. The van der Waals surface area contributed by atoms with Crippen LogP contribution in [0.3, 0.4) is 0 Å². The molecule has 8 heteroatoms. The third-order valence-corrected chi connectivity index (χ3v) is 5.77. The van der Waals surface area contributed by atoms with Crippen LogP contribution in [0, 0.1) is 5.82 Å². The zero-order valence-corrected chi connectivity index (χ0v) is 12.5. The molecule has 0 aliphatic carbocycles. The second-order valence-corrected chi connectivity index (χ2v) is 6.89. The molecule has 0 saturated carbocycles. The number of aliphatic carboxylic acids is 1. The maximum atomic E-state index is 13.4. The Morgan fingerprint density at radius 1 is 1.48 bits per heavy atom. The van der Waals surface area contributed by atoms with Gasteiger partial charge in [0.05, 0.1) is 7.11 Å². The van der Waals surface area contributed by atoms with Crippen LogP contribution in [0.15, 0.2) is 23.1 Å². The summed E-state index contributed by atoms with van der Waals surface area (Å²) < 4.78 is 44.7. The molecule has 0 spiro atoms. The third-order valence-electron chi connectivity index (χ3n) is 3.73. The van der Waals surface area contributed by atoms with Gasteiger partial charge in [0.25, 0.3) is 0 Å².